The zero-order chi connectivity index (χ0) is 7.82. The lowest BCUT2D eigenvalue weighted by molar-refractivity contribution is 1.47. The third kappa shape index (κ3) is 5.04. The van der Waals surface area contributed by atoms with E-state index in [4.69, 9.17) is 0 Å². The first-order valence-corrected chi connectivity index (χ1v) is 3.25. The molecule has 0 aliphatic heterocycles. The Hall–Kier alpha value is -1.11. The summed E-state index contributed by atoms with van der Waals surface area (Å²) < 4.78 is 0. The van der Waals surface area contributed by atoms with Crippen molar-refractivity contribution in [2.75, 3.05) is 0 Å². The van der Waals surface area contributed by atoms with Crippen LogP contribution in [0.1, 0.15) is 13.8 Å². The second kappa shape index (κ2) is 6.02. The SMILES string of the molecule is C=C/C=C(C)\C=C/N=CC. The summed E-state index contributed by atoms with van der Waals surface area (Å²) in [4.78, 5) is 3.91. The fourth-order valence-electron chi connectivity index (χ4n) is 0.488. The molecule has 0 heterocycles. The maximum Gasteiger partial charge on any atom is 0.0266 e. The maximum atomic E-state index is 3.91. The van der Waals surface area contributed by atoms with Crippen molar-refractivity contribution in [3.63, 3.8) is 0 Å². The average molecular weight is 135 g/mol. The molecule has 0 aliphatic carbocycles. The molecular weight excluding hydrogens is 122 g/mol. The van der Waals surface area contributed by atoms with E-state index >= 15 is 0 Å². The number of aliphatic imine (C=N–C) groups is 1. The fraction of sp³-hybridized carbons (Fsp3) is 0.222. The molecule has 0 saturated heterocycles. The van der Waals surface area contributed by atoms with E-state index in [9.17, 15) is 0 Å². The molecule has 0 aliphatic rings. The van der Waals surface area contributed by atoms with Crippen LogP contribution in [0.3, 0.4) is 0 Å². The van der Waals surface area contributed by atoms with Gasteiger partial charge in [-0.3, -0.25) is 4.99 Å². The molecule has 0 amide bonds. The standard InChI is InChI=1S/C9H13N/c1-4-6-9(3)7-8-10-5-2/h4-8H,1H2,2-3H3/b8-7-,9-6-,10-5?. The van der Waals surface area contributed by atoms with E-state index < -0.39 is 0 Å². The van der Waals surface area contributed by atoms with Crippen molar-refractivity contribution in [3.05, 3.63) is 36.6 Å². The van der Waals surface area contributed by atoms with E-state index in [1.165, 1.54) is 0 Å². The van der Waals surface area contributed by atoms with Crippen LogP contribution in [-0.2, 0) is 0 Å². The third-order valence-corrected chi connectivity index (χ3v) is 0.953. The molecular formula is C9H13N. The van der Waals surface area contributed by atoms with E-state index in [2.05, 4.69) is 11.6 Å². The van der Waals surface area contributed by atoms with E-state index in [1.54, 1.807) is 18.5 Å². The third-order valence-electron chi connectivity index (χ3n) is 0.953. The lowest BCUT2D eigenvalue weighted by atomic mass is 10.3. The minimum absolute atomic E-state index is 1.15. The topological polar surface area (TPSA) is 12.4 Å². The summed E-state index contributed by atoms with van der Waals surface area (Å²) in [6.45, 7) is 7.47. The Balaban J connectivity index is 3.88. The first-order chi connectivity index (χ1) is 4.81. The van der Waals surface area contributed by atoms with Crippen molar-refractivity contribution in [2.45, 2.75) is 13.8 Å². The van der Waals surface area contributed by atoms with Gasteiger partial charge in [-0.25, -0.2) is 0 Å². The molecule has 0 saturated carbocycles. The Bertz CT molecular complexity index is 173. The highest BCUT2D eigenvalue weighted by molar-refractivity contribution is 5.54. The Labute approximate surface area is 62.5 Å². The molecule has 1 heteroatoms. The molecule has 0 unspecified atom stereocenters. The van der Waals surface area contributed by atoms with Crippen molar-refractivity contribution in [1.82, 2.24) is 0 Å². The van der Waals surface area contributed by atoms with Crippen LogP contribution in [0, 0.1) is 0 Å². The van der Waals surface area contributed by atoms with Crippen molar-refractivity contribution < 1.29 is 0 Å². The van der Waals surface area contributed by atoms with Gasteiger partial charge in [-0.1, -0.05) is 18.7 Å². The second-order valence-corrected chi connectivity index (χ2v) is 1.87. The molecule has 0 radical (unpaired) electrons. The Morgan fingerprint density at radius 2 is 2.20 bits per heavy atom. The van der Waals surface area contributed by atoms with Gasteiger partial charge in [0.25, 0.3) is 0 Å². The first-order valence-electron chi connectivity index (χ1n) is 3.25. The fourth-order valence-corrected chi connectivity index (χ4v) is 0.488. The molecule has 0 fully saturated rings. The highest BCUT2D eigenvalue weighted by Gasteiger charge is 1.73. The monoisotopic (exact) mass is 135 g/mol. The minimum Gasteiger partial charge on any atom is -0.269 e. The second-order valence-electron chi connectivity index (χ2n) is 1.87. The van der Waals surface area contributed by atoms with Crippen molar-refractivity contribution in [1.29, 1.82) is 0 Å². The van der Waals surface area contributed by atoms with E-state index in [-0.39, 0.29) is 0 Å². The van der Waals surface area contributed by atoms with Crippen molar-refractivity contribution >= 4 is 6.21 Å². The number of hydrogen-bond acceptors (Lipinski definition) is 1. The van der Waals surface area contributed by atoms with Gasteiger partial charge in [0.2, 0.25) is 0 Å². The average Bonchev–Trinajstić information content (AvgIpc) is 1.89. The summed E-state index contributed by atoms with van der Waals surface area (Å²) >= 11 is 0. The van der Waals surface area contributed by atoms with Gasteiger partial charge in [0, 0.05) is 12.4 Å². The predicted octanol–water partition coefficient (Wildman–Crippen LogP) is 2.72. The van der Waals surface area contributed by atoms with E-state index in [0.717, 1.165) is 5.57 Å². The molecule has 0 bridgehead atoms. The van der Waals surface area contributed by atoms with Crippen LogP contribution in [-0.4, -0.2) is 6.21 Å². The zero-order valence-corrected chi connectivity index (χ0v) is 6.54. The number of rotatable bonds is 3. The smallest absolute Gasteiger partial charge is 0.0266 e. The van der Waals surface area contributed by atoms with Crippen LogP contribution in [0.2, 0.25) is 0 Å². The lowest BCUT2D eigenvalue weighted by Crippen LogP contribution is -1.64. The van der Waals surface area contributed by atoms with Gasteiger partial charge in [-0.05, 0) is 25.5 Å². The molecule has 0 atom stereocenters. The number of hydrogen-bond donors (Lipinski definition) is 0. The Morgan fingerprint density at radius 1 is 1.50 bits per heavy atom. The molecule has 0 rings (SSSR count). The largest absolute Gasteiger partial charge is 0.269 e. The molecule has 0 spiro atoms. The van der Waals surface area contributed by atoms with Gasteiger partial charge in [-0.2, -0.15) is 0 Å². The van der Waals surface area contributed by atoms with Crippen LogP contribution >= 0.6 is 0 Å². The normalized spacial score (nSPS) is 13.2. The van der Waals surface area contributed by atoms with Crippen LogP contribution in [0.5, 0.6) is 0 Å². The minimum atomic E-state index is 1.15. The molecule has 54 valence electrons. The highest BCUT2D eigenvalue weighted by atomic mass is 14.6. The predicted molar refractivity (Wildman–Crippen MR) is 47.3 cm³/mol. The van der Waals surface area contributed by atoms with Crippen molar-refractivity contribution in [3.8, 4) is 0 Å². The van der Waals surface area contributed by atoms with Crippen LogP contribution in [0.15, 0.2) is 41.6 Å². The molecule has 0 aromatic heterocycles. The molecule has 0 N–H and O–H groups in total. The highest BCUT2D eigenvalue weighted by Crippen LogP contribution is 1.93. The van der Waals surface area contributed by atoms with Crippen molar-refractivity contribution in [2.24, 2.45) is 4.99 Å². The summed E-state index contributed by atoms with van der Waals surface area (Å²) in [6.07, 6.45) is 9.13. The van der Waals surface area contributed by atoms with E-state index in [0.29, 0.717) is 0 Å². The summed E-state index contributed by atoms with van der Waals surface area (Å²) in [6, 6.07) is 0. The maximum absolute atomic E-state index is 3.91. The van der Waals surface area contributed by atoms with Gasteiger partial charge in [0.05, 0.1) is 0 Å². The zero-order valence-electron chi connectivity index (χ0n) is 6.54. The summed E-state index contributed by atoms with van der Waals surface area (Å²) in [5.74, 6) is 0. The summed E-state index contributed by atoms with van der Waals surface area (Å²) in [5, 5.41) is 0. The van der Waals surface area contributed by atoms with Gasteiger partial charge >= 0.3 is 0 Å². The Morgan fingerprint density at radius 3 is 2.70 bits per heavy atom. The molecule has 0 aromatic rings. The van der Waals surface area contributed by atoms with Crippen LogP contribution < -0.4 is 0 Å². The van der Waals surface area contributed by atoms with Gasteiger partial charge in [0.1, 0.15) is 0 Å². The van der Waals surface area contributed by atoms with Gasteiger partial charge in [-0.15, -0.1) is 0 Å². The Kier molecular flexibility index (Phi) is 5.35. The summed E-state index contributed by atoms with van der Waals surface area (Å²) in [5.41, 5.74) is 1.15. The summed E-state index contributed by atoms with van der Waals surface area (Å²) in [7, 11) is 0. The van der Waals surface area contributed by atoms with E-state index in [1.807, 2.05) is 26.0 Å². The quantitative estimate of drug-likeness (QED) is 0.417. The number of allylic oxidation sites excluding steroid dienone is 4. The van der Waals surface area contributed by atoms with Gasteiger partial charge in [0.15, 0.2) is 0 Å². The van der Waals surface area contributed by atoms with Gasteiger partial charge < -0.3 is 0 Å². The molecule has 0 aromatic carbocycles. The van der Waals surface area contributed by atoms with Crippen LogP contribution in [0.4, 0.5) is 0 Å². The first kappa shape index (κ1) is 8.89. The lowest BCUT2D eigenvalue weighted by Gasteiger charge is -1.83. The molecule has 1 nitrogen and oxygen atoms in total. The molecule has 10 heavy (non-hydrogen) atoms. The van der Waals surface area contributed by atoms with Crippen LogP contribution in [0.25, 0.3) is 0 Å². The number of nitrogens with zero attached hydrogens (tertiary/aromatic N) is 1.